The quantitative estimate of drug-likeness (QED) is 0.749. The molecule has 0 radical (unpaired) electrons. The fraction of sp³-hybridized carbons (Fsp3) is 1.00. The smallest absolute Gasteiger partial charge is 0.151 e. The maximum absolute atomic E-state index is 11.6. The highest BCUT2D eigenvalue weighted by atomic mass is 32.2. The normalized spacial score (nSPS) is 27.6. The van der Waals surface area contributed by atoms with Crippen LogP contribution in [0.25, 0.3) is 0 Å². The van der Waals surface area contributed by atoms with E-state index in [1.54, 1.807) is 0 Å². The number of aliphatic hydroxyl groups excluding tert-OH is 1. The first-order chi connectivity index (χ1) is 7.84. The molecule has 1 fully saturated rings. The third-order valence-corrected chi connectivity index (χ3v) is 5.09. The van der Waals surface area contributed by atoms with E-state index in [1.165, 1.54) is 6.26 Å². The summed E-state index contributed by atoms with van der Waals surface area (Å²) in [4.78, 5) is 0. The summed E-state index contributed by atoms with van der Waals surface area (Å²) in [6, 6.07) is 0.0308. The van der Waals surface area contributed by atoms with Crippen molar-refractivity contribution < 1.29 is 13.5 Å². The first-order valence-electron chi connectivity index (χ1n) is 6.40. The molecule has 0 aromatic heterocycles. The molecule has 0 saturated heterocycles. The van der Waals surface area contributed by atoms with E-state index in [4.69, 9.17) is 0 Å². The Morgan fingerprint density at radius 1 is 1.35 bits per heavy atom. The second kappa shape index (κ2) is 6.16. The highest BCUT2D eigenvalue weighted by molar-refractivity contribution is 7.91. The predicted molar refractivity (Wildman–Crippen MR) is 69.7 cm³/mol. The lowest BCUT2D eigenvalue weighted by Crippen LogP contribution is -2.47. The summed E-state index contributed by atoms with van der Waals surface area (Å²) in [7, 11) is -2.98. The average molecular weight is 263 g/mol. The Hall–Kier alpha value is -0.130. The molecule has 1 aliphatic rings. The van der Waals surface area contributed by atoms with Gasteiger partial charge in [0.15, 0.2) is 9.84 Å². The van der Waals surface area contributed by atoms with Gasteiger partial charge in [0.2, 0.25) is 0 Å². The molecule has 2 N–H and O–H groups in total. The van der Waals surface area contributed by atoms with Crippen molar-refractivity contribution >= 4 is 9.84 Å². The Labute approximate surface area is 105 Å². The maximum atomic E-state index is 11.6. The van der Waals surface area contributed by atoms with E-state index in [0.29, 0.717) is 5.92 Å². The SMILES string of the molecule is CC(C)CC(CO)NC1CCCC1S(C)(=O)=O. The zero-order valence-corrected chi connectivity index (χ0v) is 11.8. The molecule has 17 heavy (non-hydrogen) atoms. The van der Waals surface area contributed by atoms with Gasteiger partial charge in [-0.2, -0.15) is 0 Å². The van der Waals surface area contributed by atoms with E-state index in [1.807, 2.05) is 0 Å². The monoisotopic (exact) mass is 263 g/mol. The Morgan fingerprint density at radius 2 is 2.00 bits per heavy atom. The summed E-state index contributed by atoms with van der Waals surface area (Å²) < 4.78 is 23.3. The number of sulfone groups is 1. The van der Waals surface area contributed by atoms with Crippen molar-refractivity contribution in [1.82, 2.24) is 5.32 Å². The lowest BCUT2D eigenvalue weighted by Gasteiger charge is -2.26. The Kier molecular flexibility index (Phi) is 5.41. The highest BCUT2D eigenvalue weighted by Crippen LogP contribution is 2.25. The molecule has 102 valence electrons. The number of hydrogen-bond donors (Lipinski definition) is 2. The molecule has 0 heterocycles. The van der Waals surface area contributed by atoms with Crippen molar-refractivity contribution in [3.05, 3.63) is 0 Å². The Morgan fingerprint density at radius 3 is 2.47 bits per heavy atom. The standard InChI is InChI=1S/C12H25NO3S/c1-9(2)7-10(8-14)13-11-5-4-6-12(11)17(3,15)16/h9-14H,4-8H2,1-3H3. The summed E-state index contributed by atoms with van der Waals surface area (Å²) in [5.74, 6) is 0.498. The van der Waals surface area contributed by atoms with Crippen LogP contribution in [-0.2, 0) is 9.84 Å². The summed E-state index contributed by atoms with van der Waals surface area (Å²) in [6.45, 7) is 4.28. The Balaban J connectivity index is 2.60. The van der Waals surface area contributed by atoms with Gasteiger partial charge < -0.3 is 10.4 Å². The number of rotatable bonds is 6. The fourth-order valence-corrected chi connectivity index (χ4v) is 4.10. The number of hydrogen-bond acceptors (Lipinski definition) is 4. The second-order valence-corrected chi connectivity index (χ2v) is 7.85. The molecule has 1 aliphatic carbocycles. The first kappa shape index (κ1) is 14.9. The van der Waals surface area contributed by atoms with Crippen LogP contribution < -0.4 is 5.32 Å². The molecule has 1 rings (SSSR count). The fourth-order valence-electron chi connectivity index (χ4n) is 2.70. The van der Waals surface area contributed by atoms with E-state index in [0.717, 1.165) is 25.7 Å². The van der Waals surface area contributed by atoms with Crippen molar-refractivity contribution in [2.24, 2.45) is 5.92 Å². The van der Waals surface area contributed by atoms with Crippen molar-refractivity contribution in [3.63, 3.8) is 0 Å². The maximum Gasteiger partial charge on any atom is 0.151 e. The summed E-state index contributed by atoms with van der Waals surface area (Å²) in [6.07, 6.45) is 4.79. The lowest BCUT2D eigenvalue weighted by molar-refractivity contribution is 0.213. The minimum atomic E-state index is -2.98. The first-order valence-corrected chi connectivity index (χ1v) is 8.35. The van der Waals surface area contributed by atoms with E-state index in [-0.39, 0.29) is 23.9 Å². The van der Waals surface area contributed by atoms with Gasteiger partial charge in [0, 0.05) is 18.3 Å². The zero-order valence-electron chi connectivity index (χ0n) is 11.0. The molecule has 5 heteroatoms. The van der Waals surface area contributed by atoms with Gasteiger partial charge in [-0.1, -0.05) is 20.3 Å². The van der Waals surface area contributed by atoms with Gasteiger partial charge >= 0.3 is 0 Å². The van der Waals surface area contributed by atoms with Crippen LogP contribution in [0, 0.1) is 5.92 Å². The minimum absolute atomic E-state index is 0.0147. The van der Waals surface area contributed by atoms with Crippen LogP contribution in [0.1, 0.15) is 39.5 Å². The van der Waals surface area contributed by atoms with Crippen molar-refractivity contribution in [1.29, 1.82) is 0 Å². The molecule has 4 nitrogen and oxygen atoms in total. The van der Waals surface area contributed by atoms with E-state index >= 15 is 0 Å². The molecule has 0 bridgehead atoms. The van der Waals surface area contributed by atoms with Crippen LogP contribution >= 0.6 is 0 Å². The van der Waals surface area contributed by atoms with Crippen LogP contribution in [0.3, 0.4) is 0 Å². The third kappa shape index (κ3) is 4.56. The van der Waals surface area contributed by atoms with Gasteiger partial charge in [0.1, 0.15) is 0 Å². The summed E-state index contributed by atoms with van der Waals surface area (Å²) >= 11 is 0. The molecule has 0 aliphatic heterocycles. The zero-order chi connectivity index (χ0) is 13.1. The minimum Gasteiger partial charge on any atom is -0.395 e. The van der Waals surface area contributed by atoms with Gasteiger partial charge in [-0.05, 0) is 25.2 Å². The lowest BCUT2D eigenvalue weighted by atomic mass is 10.0. The predicted octanol–water partition coefficient (Wildman–Crippen LogP) is 0.949. The largest absolute Gasteiger partial charge is 0.395 e. The van der Waals surface area contributed by atoms with Gasteiger partial charge in [-0.3, -0.25) is 0 Å². The van der Waals surface area contributed by atoms with Gasteiger partial charge in [-0.15, -0.1) is 0 Å². The molecule has 0 spiro atoms. The highest BCUT2D eigenvalue weighted by Gasteiger charge is 2.35. The molecule has 1 saturated carbocycles. The average Bonchev–Trinajstić information content (AvgIpc) is 2.63. The van der Waals surface area contributed by atoms with Crippen LogP contribution in [0.2, 0.25) is 0 Å². The van der Waals surface area contributed by atoms with Gasteiger partial charge in [-0.25, -0.2) is 8.42 Å². The van der Waals surface area contributed by atoms with Crippen molar-refractivity contribution in [3.8, 4) is 0 Å². The van der Waals surface area contributed by atoms with Crippen molar-refractivity contribution in [2.45, 2.75) is 56.9 Å². The molecule has 3 unspecified atom stereocenters. The summed E-state index contributed by atoms with van der Waals surface area (Å²) in [5, 5.41) is 12.4. The van der Waals surface area contributed by atoms with Crippen LogP contribution in [0.15, 0.2) is 0 Å². The second-order valence-electron chi connectivity index (χ2n) is 5.58. The molecule has 3 atom stereocenters. The van der Waals surface area contributed by atoms with Crippen LogP contribution in [0.4, 0.5) is 0 Å². The molecule has 0 aromatic carbocycles. The molecular formula is C12H25NO3S. The number of aliphatic hydroxyl groups is 1. The molecule has 0 aromatic rings. The van der Waals surface area contributed by atoms with E-state index in [9.17, 15) is 13.5 Å². The van der Waals surface area contributed by atoms with Crippen LogP contribution in [0.5, 0.6) is 0 Å². The third-order valence-electron chi connectivity index (χ3n) is 3.43. The van der Waals surface area contributed by atoms with Crippen LogP contribution in [-0.4, -0.2) is 43.7 Å². The molecule has 0 amide bonds. The topological polar surface area (TPSA) is 66.4 Å². The van der Waals surface area contributed by atoms with E-state index < -0.39 is 9.84 Å². The van der Waals surface area contributed by atoms with Gasteiger partial charge in [0.25, 0.3) is 0 Å². The molecular weight excluding hydrogens is 238 g/mol. The summed E-state index contributed by atoms with van der Waals surface area (Å²) in [5.41, 5.74) is 0. The van der Waals surface area contributed by atoms with Gasteiger partial charge in [0.05, 0.1) is 11.9 Å². The number of nitrogens with one attached hydrogen (secondary N) is 1. The van der Waals surface area contributed by atoms with Crippen molar-refractivity contribution in [2.75, 3.05) is 12.9 Å². The van der Waals surface area contributed by atoms with E-state index in [2.05, 4.69) is 19.2 Å². The Bertz CT molecular complexity index is 327.